The Morgan fingerprint density at radius 1 is 0.481 bits per heavy atom. The third-order valence-corrected chi connectivity index (χ3v) is 6.36. The smallest absolute Gasteiger partial charge is 0.0125 e. The van der Waals surface area contributed by atoms with Crippen LogP contribution in [0.1, 0.15) is 156 Å². The fourth-order valence-corrected chi connectivity index (χ4v) is 4.29. The molecule has 0 rings (SSSR count). The highest BCUT2D eigenvalue weighted by molar-refractivity contribution is 4.82. The summed E-state index contributed by atoms with van der Waals surface area (Å²) in [6.45, 7) is 9.08. The molecule has 0 aliphatic rings. The number of hydrogen-bond acceptors (Lipinski definition) is 1. The highest BCUT2D eigenvalue weighted by atomic mass is 14.7. The molecule has 0 spiro atoms. The van der Waals surface area contributed by atoms with Crippen molar-refractivity contribution in [2.24, 2.45) is 11.7 Å². The molecule has 1 atom stereocenters. The normalized spacial score (nSPS) is 13.2. The van der Waals surface area contributed by atoms with E-state index in [0.717, 1.165) is 0 Å². The van der Waals surface area contributed by atoms with Gasteiger partial charge in [-0.15, -0.1) is 0 Å². The molecule has 27 heavy (non-hydrogen) atoms. The average Bonchev–Trinajstić information content (AvgIpc) is 2.62. The lowest BCUT2D eigenvalue weighted by Crippen LogP contribution is -2.40. The summed E-state index contributed by atoms with van der Waals surface area (Å²) in [5.41, 5.74) is 6.48. The van der Waals surface area contributed by atoms with E-state index >= 15 is 0 Å². The third-order valence-electron chi connectivity index (χ3n) is 6.36. The molecule has 0 aromatic heterocycles. The Labute approximate surface area is 173 Å². The van der Waals surface area contributed by atoms with Crippen LogP contribution in [0.2, 0.25) is 0 Å². The lowest BCUT2D eigenvalue weighted by molar-refractivity contribution is 0.267. The monoisotopic (exact) mass is 381 g/mol. The van der Waals surface area contributed by atoms with E-state index in [-0.39, 0.29) is 5.54 Å². The summed E-state index contributed by atoms with van der Waals surface area (Å²) in [7, 11) is 0. The quantitative estimate of drug-likeness (QED) is 0.197. The molecular formula is C26H55N. The Morgan fingerprint density at radius 3 is 1.00 bits per heavy atom. The van der Waals surface area contributed by atoms with Crippen LogP contribution >= 0.6 is 0 Å². The standard InChI is InChI=1S/C26H55N/c1-5-7-9-11-13-14-15-16-17-18-20-22-24-25(26(3,4)27)23-21-19-12-10-8-6-2/h25H,5-24,27H2,1-4H3. The van der Waals surface area contributed by atoms with Gasteiger partial charge in [-0.25, -0.2) is 0 Å². The van der Waals surface area contributed by atoms with E-state index in [1.165, 1.54) is 128 Å². The third kappa shape index (κ3) is 19.1. The van der Waals surface area contributed by atoms with Gasteiger partial charge in [0, 0.05) is 5.54 Å². The summed E-state index contributed by atoms with van der Waals surface area (Å²) in [4.78, 5) is 0. The molecule has 0 aromatic rings. The SMILES string of the molecule is CCCCCCCCCCCCCCC(CCCCCCCC)C(C)(C)N. The molecule has 0 aromatic carbocycles. The minimum atomic E-state index is 0.00118. The van der Waals surface area contributed by atoms with Gasteiger partial charge in [0.05, 0.1) is 0 Å². The van der Waals surface area contributed by atoms with Gasteiger partial charge in [-0.05, 0) is 32.6 Å². The Kier molecular flexibility index (Phi) is 19.3. The van der Waals surface area contributed by atoms with Crippen LogP contribution in [0.3, 0.4) is 0 Å². The average molecular weight is 382 g/mol. The molecule has 164 valence electrons. The van der Waals surface area contributed by atoms with Crippen molar-refractivity contribution in [3.8, 4) is 0 Å². The lowest BCUT2D eigenvalue weighted by atomic mass is 9.80. The first-order valence-electron chi connectivity index (χ1n) is 12.8. The van der Waals surface area contributed by atoms with Gasteiger partial charge in [0.25, 0.3) is 0 Å². The maximum Gasteiger partial charge on any atom is 0.0125 e. The van der Waals surface area contributed by atoms with Crippen LogP contribution in [-0.2, 0) is 0 Å². The Balaban J connectivity index is 3.57. The number of unbranched alkanes of at least 4 members (excludes halogenated alkanes) is 16. The Morgan fingerprint density at radius 2 is 0.741 bits per heavy atom. The largest absolute Gasteiger partial charge is 0.325 e. The summed E-state index contributed by atoms with van der Waals surface area (Å²) in [6, 6.07) is 0. The molecule has 0 amide bonds. The van der Waals surface area contributed by atoms with Crippen LogP contribution < -0.4 is 5.73 Å². The molecule has 0 bridgehead atoms. The second-order valence-corrected chi connectivity index (χ2v) is 9.75. The summed E-state index contributed by atoms with van der Waals surface area (Å²) in [6.07, 6.45) is 28.3. The maximum atomic E-state index is 6.48. The first kappa shape index (κ1) is 27.0. The number of nitrogens with two attached hydrogens (primary N) is 1. The highest BCUT2D eigenvalue weighted by Gasteiger charge is 2.23. The highest BCUT2D eigenvalue weighted by Crippen LogP contribution is 2.27. The molecule has 1 nitrogen and oxygen atoms in total. The van der Waals surface area contributed by atoms with Crippen LogP contribution in [-0.4, -0.2) is 5.54 Å². The molecule has 0 radical (unpaired) electrons. The van der Waals surface area contributed by atoms with Crippen LogP contribution in [0.25, 0.3) is 0 Å². The fraction of sp³-hybridized carbons (Fsp3) is 1.00. The fourth-order valence-electron chi connectivity index (χ4n) is 4.29. The van der Waals surface area contributed by atoms with E-state index in [0.29, 0.717) is 5.92 Å². The van der Waals surface area contributed by atoms with Gasteiger partial charge in [-0.1, -0.05) is 129 Å². The van der Waals surface area contributed by atoms with Gasteiger partial charge in [-0.2, -0.15) is 0 Å². The molecule has 0 aliphatic heterocycles. The van der Waals surface area contributed by atoms with E-state index < -0.39 is 0 Å². The summed E-state index contributed by atoms with van der Waals surface area (Å²) < 4.78 is 0. The van der Waals surface area contributed by atoms with Gasteiger partial charge in [0.1, 0.15) is 0 Å². The van der Waals surface area contributed by atoms with Crippen LogP contribution in [0, 0.1) is 5.92 Å². The van der Waals surface area contributed by atoms with Crippen molar-refractivity contribution >= 4 is 0 Å². The molecule has 0 heterocycles. The van der Waals surface area contributed by atoms with Gasteiger partial charge in [0.15, 0.2) is 0 Å². The molecule has 0 saturated heterocycles. The van der Waals surface area contributed by atoms with Gasteiger partial charge >= 0.3 is 0 Å². The molecule has 0 saturated carbocycles. The molecule has 1 heteroatoms. The molecule has 1 unspecified atom stereocenters. The van der Waals surface area contributed by atoms with Crippen molar-refractivity contribution in [3.05, 3.63) is 0 Å². The van der Waals surface area contributed by atoms with Crippen molar-refractivity contribution in [2.75, 3.05) is 0 Å². The summed E-state index contributed by atoms with van der Waals surface area (Å²) in [5.74, 6) is 0.715. The van der Waals surface area contributed by atoms with Crippen molar-refractivity contribution in [1.82, 2.24) is 0 Å². The van der Waals surface area contributed by atoms with E-state index in [4.69, 9.17) is 5.73 Å². The zero-order valence-corrected chi connectivity index (χ0v) is 19.8. The lowest BCUT2D eigenvalue weighted by Gasteiger charge is -2.31. The maximum absolute atomic E-state index is 6.48. The predicted octanol–water partition coefficient (Wildman–Crippen LogP) is 9.18. The van der Waals surface area contributed by atoms with E-state index in [1.807, 2.05) is 0 Å². The zero-order chi connectivity index (χ0) is 20.2. The van der Waals surface area contributed by atoms with Crippen molar-refractivity contribution < 1.29 is 0 Å². The topological polar surface area (TPSA) is 26.0 Å². The zero-order valence-electron chi connectivity index (χ0n) is 19.8. The van der Waals surface area contributed by atoms with E-state index in [9.17, 15) is 0 Å². The summed E-state index contributed by atoms with van der Waals surface area (Å²) >= 11 is 0. The molecule has 0 aliphatic carbocycles. The molecular weight excluding hydrogens is 326 g/mol. The van der Waals surface area contributed by atoms with E-state index in [2.05, 4.69) is 27.7 Å². The Bertz CT molecular complexity index is 278. The van der Waals surface area contributed by atoms with Gasteiger partial charge in [-0.3, -0.25) is 0 Å². The molecule has 2 N–H and O–H groups in total. The van der Waals surface area contributed by atoms with Gasteiger partial charge < -0.3 is 5.73 Å². The first-order valence-corrected chi connectivity index (χ1v) is 12.8. The first-order chi connectivity index (χ1) is 13.0. The number of hydrogen-bond donors (Lipinski definition) is 1. The second-order valence-electron chi connectivity index (χ2n) is 9.75. The van der Waals surface area contributed by atoms with Crippen LogP contribution in [0.15, 0.2) is 0 Å². The second kappa shape index (κ2) is 19.3. The van der Waals surface area contributed by atoms with E-state index in [1.54, 1.807) is 0 Å². The molecule has 0 fully saturated rings. The number of rotatable bonds is 21. The van der Waals surface area contributed by atoms with Crippen LogP contribution in [0.4, 0.5) is 0 Å². The van der Waals surface area contributed by atoms with Gasteiger partial charge in [0.2, 0.25) is 0 Å². The minimum Gasteiger partial charge on any atom is -0.325 e. The van der Waals surface area contributed by atoms with Crippen molar-refractivity contribution in [2.45, 2.75) is 162 Å². The minimum absolute atomic E-state index is 0.00118. The Hall–Kier alpha value is -0.0400. The van der Waals surface area contributed by atoms with Crippen LogP contribution in [0.5, 0.6) is 0 Å². The van der Waals surface area contributed by atoms with Crippen molar-refractivity contribution in [3.63, 3.8) is 0 Å². The summed E-state index contributed by atoms with van der Waals surface area (Å²) in [5, 5.41) is 0. The van der Waals surface area contributed by atoms with Crippen molar-refractivity contribution in [1.29, 1.82) is 0 Å². The predicted molar refractivity (Wildman–Crippen MR) is 125 cm³/mol.